The van der Waals surface area contributed by atoms with Gasteiger partial charge in [0.1, 0.15) is 0 Å². The highest BCUT2D eigenvalue weighted by molar-refractivity contribution is 5.76. The minimum atomic E-state index is 0.0928. The average molecular weight is 246 g/mol. The van der Waals surface area contributed by atoms with Gasteiger partial charge in [0.2, 0.25) is 5.91 Å². The molecule has 1 aromatic carbocycles. The fraction of sp³-hybridized carbons (Fsp3) is 0.533. The molecule has 1 saturated heterocycles. The molecule has 18 heavy (non-hydrogen) atoms. The maximum Gasteiger partial charge on any atom is 0.220 e. The first kappa shape index (κ1) is 13.1. The largest absolute Gasteiger partial charge is 0.350 e. The van der Waals surface area contributed by atoms with E-state index in [9.17, 15) is 4.79 Å². The van der Waals surface area contributed by atoms with Gasteiger partial charge in [-0.15, -0.1) is 0 Å². The highest BCUT2D eigenvalue weighted by atomic mass is 16.1. The highest BCUT2D eigenvalue weighted by Crippen LogP contribution is 2.13. The minimum Gasteiger partial charge on any atom is -0.350 e. The third kappa shape index (κ3) is 3.84. The van der Waals surface area contributed by atoms with Gasteiger partial charge in [-0.3, -0.25) is 4.79 Å². The Morgan fingerprint density at radius 1 is 1.44 bits per heavy atom. The fourth-order valence-electron chi connectivity index (χ4n) is 2.45. The van der Waals surface area contributed by atoms with Gasteiger partial charge < -0.3 is 10.6 Å². The Balaban J connectivity index is 1.73. The molecule has 0 aromatic heterocycles. The van der Waals surface area contributed by atoms with E-state index in [0.717, 1.165) is 18.5 Å². The van der Waals surface area contributed by atoms with Crippen LogP contribution in [0, 0.1) is 0 Å². The number of hydrogen-bond acceptors (Lipinski definition) is 2. The van der Waals surface area contributed by atoms with Crippen molar-refractivity contribution in [1.29, 1.82) is 0 Å². The molecule has 0 saturated carbocycles. The van der Waals surface area contributed by atoms with Crippen molar-refractivity contribution < 1.29 is 4.79 Å². The molecule has 2 N–H and O–H groups in total. The van der Waals surface area contributed by atoms with Crippen molar-refractivity contribution in [2.24, 2.45) is 0 Å². The molecule has 0 bridgehead atoms. The van der Waals surface area contributed by atoms with Crippen LogP contribution in [0.3, 0.4) is 0 Å². The Hall–Kier alpha value is -1.35. The molecule has 3 nitrogen and oxygen atoms in total. The van der Waals surface area contributed by atoms with Gasteiger partial charge in [0, 0.05) is 12.5 Å². The van der Waals surface area contributed by atoms with Crippen LogP contribution < -0.4 is 10.6 Å². The monoisotopic (exact) mass is 246 g/mol. The van der Waals surface area contributed by atoms with Gasteiger partial charge >= 0.3 is 0 Å². The molecular formula is C15H22N2O. The zero-order chi connectivity index (χ0) is 12.8. The van der Waals surface area contributed by atoms with E-state index >= 15 is 0 Å². The summed E-state index contributed by atoms with van der Waals surface area (Å²) in [6.07, 6.45) is 4.02. The van der Waals surface area contributed by atoms with E-state index in [-0.39, 0.29) is 11.9 Å². The van der Waals surface area contributed by atoms with Crippen LogP contribution in [0.5, 0.6) is 0 Å². The van der Waals surface area contributed by atoms with Gasteiger partial charge in [0.05, 0.1) is 6.04 Å². The van der Waals surface area contributed by atoms with E-state index in [1.54, 1.807) is 0 Å². The van der Waals surface area contributed by atoms with Crippen LogP contribution >= 0.6 is 0 Å². The lowest BCUT2D eigenvalue weighted by atomic mass is 10.1. The van der Waals surface area contributed by atoms with Crippen molar-refractivity contribution in [3.05, 3.63) is 35.9 Å². The molecule has 1 aliphatic heterocycles. The second kappa shape index (κ2) is 6.55. The predicted octanol–water partition coefficient (Wildman–Crippen LogP) is 2.40. The number of nitrogens with one attached hydrogen (secondary N) is 2. The Morgan fingerprint density at radius 2 is 2.22 bits per heavy atom. The molecule has 3 heteroatoms. The van der Waals surface area contributed by atoms with Crippen molar-refractivity contribution in [2.75, 3.05) is 6.54 Å². The van der Waals surface area contributed by atoms with Gasteiger partial charge in [-0.1, -0.05) is 30.3 Å². The summed E-state index contributed by atoms with van der Waals surface area (Å²) in [5, 5.41) is 6.47. The molecule has 2 rings (SSSR count). The molecule has 1 aliphatic rings. The van der Waals surface area contributed by atoms with Crippen molar-refractivity contribution in [2.45, 2.75) is 44.7 Å². The normalized spacial score (nSPS) is 20.6. The van der Waals surface area contributed by atoms with Gasteiger partial charge in [-0.05, 0) is 38.3 Å². The van der Waals surface area contributed by atoms with Crippen LogP contribution in [0.1, 0.15) is 44.2 Å². The lowest BCUT2D eigenvalue weighted by Crippen LogP contribution is -2.29. The van der Waals surface area contributed by atoms with E-state index in [1.165, 1.54) is 12.8 Å². The van der Waals surface area contributed by atoms with Crippen LogP contribution in [-0.2, 0) is 4.79 Å². The summed E-state index contributed by atoms with van der Waals surface area (Å²) in [5.74, 6) is 0.153. The Kier molecular flexibility index (Phi) is 4.76. The average Bonchev–Trinajstić information content (AvgIpc) is 2.90. The predicted molar refractivity (Wildman–Crippen MR) is 73.3 cm³/mol. The summed E-state index contributed by atoms with van der Waals surface area (Å²) in [6, 6.07) is 10.7. The van der Waals surface area contributed by atoms with Crippen molar-refractivity contribution in [3.63, 3.8) is 0 Å². The Labute approximate surface area is 109 Å². The zero-order valence-corrected chi connectivity index (χ0v) is 11.0. The van der Waals surface area contributed by atoms with E-state index in [0.29, 0.717) is 12.5 Å². The third-order valence-corrected chi connectivity index (χ3v) is 3.56. The summed E-state index contributed by atoms with van der Waals surface area (Å²) in [7, 11) is 0. The molecule has 0 radical (unpaired) electrons. The van der Waals surface area contributed by atoms with Gasteiger partial charge in [0.15, 0.2) is 0 Å². The van der Waals surface area contributed by atoms with Crippen LogP contribution in [0.2, 0.25) is 0 Å². The first-order valence-electron chi connectivity index (χ1n) is 6.83. The van der Waals surface area contributed by atoms with E-state index in [2.05, 4.69) is 10.6 Å². The minimum absolute atomic E-state index is 0.0928. The van der Waals surface area contributed by atoms with Crippen LogP contribution in [-0.4, -0.2) is 18.5 Å². The summed E-state index contributed by atoms with van der Waals surface area (Å²) in [4.78, 5) is 11.8. The van der Waals surface area contributed by atoms with Crippen molar-refractivity contribution in [1.82, 2.24) is 10.6 Å². The Morgan fingerprint density at radius 3 is 2.89 bits per heavy atom. The second-order valence-corrected chi connectivity index (χ2v) is 5.03. The van der Waals surface area contributed by atoms with E-state index in [4.69, 9.17) is 0 Å². The number of carbonyl (C=O) groups is 1. The Bertz CT molecular complexity index is 371. The second-order valence-electron chi connectivity index (χ2n) is 5.03. The number of benzene rings is 1. The topological polar surface area (TPSA) is 41.1 Å². The summed E-state index contributed by atoms with van der Waals surface area (Å²) >= 11 is 0. The smallest absolute Gasteiger partial charge is 0.220 e. The molecule has 0 aliphatic carbocycles. The van der Waals surface area contributed by atoms with Crippen LogP contribution in [0.25, 0.3) is 0 Å². The molecule has 0 spiro atoms. The molecule has 2 unspecified atom stereocenters. The first-order chi connectivity index (χ1) is 8.75. The summed E-state index contributed by atoms with van der Waals surface area (Å²) in [5.41, 5.74) is 1.16. The summed E-state index contributed by atoms with van der Waals surface area (Å²) in [6.45, 7) is 3.13. The van der Waals surface area contributed by atoms with Gasteiger partial charge in [0.25, 0.3) is 0 Å². The van der Waals surface area contributed by atoms with E-state index < -0.39 is 0 Å². The highest BCUT2D eigenvalue weighted by Gasteiger charge is 2.16. The first-order valence-corrected chi connectivity index (χ1v) is 6.83. The number of carbonyl (C=O) groups excluding carboxylic acids is 1. The molecule has 2 atom stereocenters. The van der Waals surface area contributed by atoms with E-state index in [1.807, 2.05) is 37.3 Å². The quantitative estimate of drug-likeness (QED) is 0.837. The third-order valence-electron chi connectivity index (χ3n) is 3.56. The number of rotatable bonds is 5. The summed E-state index contributed by atoms with van der Waals surface area (Å²) < 4.78 is 0. The number of amides is 1. The SMILES string of the molecule is CC(NC(=O)CCC1CCCN1)c1ccccc1. The molecule has 98 valence electrons. The van der Waals surface area contributed by atoms with Crippen LogP contribution in [0.4, 0.5) is 0 Å². The molecule has 1 fully saturated rings. The fourth-order valence-corrected chi connectivity index (χ4v) is 2.45. The maximum absolute atomic E-state index is 11.8. The lowest BCUT2D eigenvalue weighted by molar-refractivity contribution is -0.121. The lowest BCUT2D eigenvalue weighted by Gasteiger charge is -2.15. The van der Waals surface area contributed by atoms with Crippen molar-refractivity contribution in [3.8, 4) is 0 Å². The maximum atomic E-state index is 11.8. The standard InChI is InChI=1S/C15H22N2O/c1-12(13-6-3-2-4-7-13)17-15(18)10-9-14-8-5-11-16-14/h2-4,6-7,12,14,16H,5,8-11H2,1H3,(H,17,18). The van der Waals surface area contributed by atoms with Crippen LogP contribution in [0.15, 0.2) is 30.3 Å². The van der Waals surface area contributed by atoms with Gasteiger partial charge in [-0.2, -0.15) is 0 Å². The molecular weight excluding hydrogens is 224 g/mol. The zero-order valence-electron chi connectivity index (χ0n) is 11.0. The molecule has 1 amide bonds. The van der Waals surface area contributed by atoms with Gasteiger partial charge in [-0.25, -0.2) is 0 Å². The molecule has 1 heterocycles. The molecule has 1 aromatic rings. The van der Waals surface area contributed by atoms with Crippen molar-refractivity contribution >= 4 is 5.91 Å². The number of hydrogen-bond donors (Lipinski definition) is 2.